The molecule has 0 aromatic carbocycles. The molecule has 1 unspecified atom stereocenters. The molecule has 1 saturated heterocycles. The molecular formula is C10H19NO5S. The molecule has 0 bridgehead atoms. The Morgan fingerprint density at radius 1 is 1.41 bits per heavy atom. The first kappa shape index (κ1) is 14.4. The Morgan fingerprint density at radius 3 is 2.35 bits per heavy atom. The van der Waals surface area contributed by atoms with Gasteiger partial charge in [0.15, 0.2) is 9.84 Å². The van der Waals surface area contributed by atoms with Crippen LogP contribution in [0.3, 0.4) is 0 Å². The molecule has 1 rings (SSSR count). The SMILES string of the molecule is CC(C)(C)OC(=O)CC1(ON)CCS(=O)(=O)C1. The summed E-state index contributed by atoms with van der Waals surface area (Å²) in [4.78, 5) is 16.4. The Hall–Kier alpha value is -0.660. The molecule has 1 aliphatic heterocycles. The van der Waals surface area contributed by atoms with Crippen molar-refractivity contribution < 1.29 is 22.8 Å². The highest BCUT2D eigenvalue weighted by molar-refractivity contribution is 7.91. The van der Waals surface area contributed by atoms with Crippen molar-refractivity contribution in [3.63, 3.8) is 0 Å². The van der Waals surface area contributed by atoms with Gasteiger partial charge in [-0.15, -0.1) is 0 Å². The van der Waals surface area contributed by atoms with Crippen molar-refractivity contribution in [1.82, 2.24) is 0 Å². The first-order chi connectivity index (χ1) is 7.58. The zero-order valence-corrected chi connectivity index (χ0v) is 11.2. The quantitative estimate of drug-likeness (QED) is 0.577. The lowest BCUT2D eigenvalue weighted by atomic mass is 9.99. The summed E-state index contributed by atoms with van der Waals surface area (Å²) in [5.41, 5.74) is -1.73. The number of esters is 1. The molecule has 0 saturated carbocycles. The monoisotopic (exact) mass is 265 g/mol. The second kappa shape index (κ2) is 4.55. The predicted molar refractivity (Wildman–Crippen MR) is 61.7 cm³/mol. The summed E-state index contributed by atoms with van der Waals surface area (Å²) in [5, 5.41) is 0. The van der Waals surface area contributed by atoms with Crippen LogP contribution in [0.4, 0.5) is 0 Å². The Morgan fingerprint density at radius 2 is 2.00 bits per heavy atom. The normalized spacial score (nSPS) is 28.0. The van der Waals surface area contributed by atoms with Crippen LogP contribution in [0.15, 0.2) is 0 Å². The van der Waals surface area contributed by atoms with E-state index in [1.54, 1.807) is 20.8 Å². The van der Waals surface area contributed by atoms with Crippen LogP contribution in [0.2, 0.25) is 0 Å². The number of hydrogen-bond donors (Lipinski definition) is 1. The molecule has 1 atom stereocenters. The van der Waals surface area contributed by atoms with Crippen LogP contribution in [0.1, 0.15) is 33.6 Å². The number of carbonyl (C=O) groups is 1. The van der Waals surface area contributed by atoms with Gasteiger partial charge in [0.25, 0.3) is 0 Å². The summed E-state index contributed by atoms with van der Waals surface area (Å²) >= 11 is 0. The van der Waals surface area contributed by atoms with Crippen molar-refractivity contribution in [2.24, 2.45) is 5.90 Å². The van der Waals surface area contributed by atoms with Gasteiger partial charge in [0.05, 0.1) is 17.9 Å². The van der Waals surface area contributed by atoms with Crippen LogP contribution < -0.4 is 5.90 Å². The van der Waals surface area contributed by atoms with Gasteiger partial charge >= 0.3 is 5.97 Å². The van der Waals surface area contributed by atoms with Gasteiger partial charge in [-0.25, -0.2) is 14.3 Å². The summed E-state index contributed by atoms with van der Waals surface area (Å²) in [6.45, 7) is 5.23. The van der Waals surface area contributed by atoms with Crippen molar-refractivity contribution in [3.8, 4) is 0 Å². The van der Waals surface area contributed by atoms with Crippen LogP contribution in [0, 0.1) is 0 Å². The van der Waals surface area contributed by atoms with E-state index in [-0.39, 0.29) is 24.3 Å². The highest BCUT2D eigenvalue weighted by Crippen LogP contribution is 2.30. The topological polar surface area (TPSA) is 95.7 Å². The molecule has 0 radical (unpaired) electrons. The number of sulfone groups is 1. The van der Waals surface area contributed by atoms with Crippen molar-refractivity contribution in [3.05, 3.63) is 0 Å². The average molecular weight is 265 g/mol. The second-order valence-electron chi connectivity index (χ2n) is 5.41. The highest BCUT2D eigenvalue weighted by atomic mass is 32.2. The van der Waals surface area contributed by atoms with Gasteiger partial charge in [0.2, 0.25) is 0 Å². The molecule has 17 heavy (non-hydrogen) atoms. The van der Waals surface area contributed by atoms with E-state index >= 15 is 0 Å². The van der Waals surface area contributed by atoms with E-state index in [2.05, 4.69) is 0 Å². The number of hydrogen-bond acceptors (Lipinski definition) is 6. The van der Waals surface area contributed by atoms with E-state index in [1.807, 2.05) is 0 Å². The van der Waals surface area contributed by atoms with Crippen LogP contribution in [-0.2, 0) is 24.2 Å². The summed E-state index contributed by atoms with van der Waals surface area (Å²) < 4.78 is 27.9. The standard InChI is InChI=1S/C10H19NO5S/c1-9(2,3)15-8(12)6-10(16-11)4-5-17(13,14)7-10/h4-7,11H2,1-3H3. The summed E-state index contributed by atoms with van der Waals surface area (Å²) in [7, 11) is -3.17. The molecular weight excluding hydrogens is 246 g/mol. The maximum atomic E-state index is 11.6. The minimum atomic E-state index is -3.17. The van der Waals surface area contributed by atoms with E-state index < -0.39 is 27.0 Å². The lowest BCUT2D eigenvalue weighted by Gasteiger charge is -2.26. The van der Waals surface area contributed by atoms with Crippen molar-refractivity contribution in [1.29, 1.82) is 0 Å². The maximum absolute atomic E-state index is 11.6. The molecule has 1 fully saturated rings. The lowest BCUT2D eigenvalue weighted by molar-refractivity contribution is -0.162. The lowest BCUT2D eigenvalue weighted by Crippen LogP contribution is -2.40. The predicted octanol–water partition coefficient (Wildman–Crippen LogP) is 0.166. The van der Waals surface area contributed by atoms with E-state index in [4.69, 9.17) is 15.5 Å². The minimum Gasteiger partial charge on any atom is -0.460 e. The molecule has 6 nitrogen and oxygen atoms in total. The van der Waals surface area contributed by atoms with Gasteiger partial charge in [-0.2, -0.15) is 0 Å². The molecule has 2 N–H and O–H groups in total. The van der Waals surface area contributed by atoms with Crippen molar-refractivity contribution in [2.45, 2.75) is 44.8 Å². The minimum absolute atomic E-state index is 0.00695. The Bertz CT molecular complexity index is 397. The average Bonchev–Trinajstić information content (AvgIpc) is 2.39. The van der Waals surface area contributed by atoms with Gasteiger partial charge in [0, 0.05) is 0 Å². The fourth-order valence-corrected chi connectivity index (χ4v) is 3.74. The highest BCUT2D eigenvalue weighted by Gasteiger charge is 2.45. The van der Waals surface area contributed by atoms with Gasteiger partial charge < -0.3 is 4.74 Å². The maximum Gasteiger partial charge on any atom is 0.309 e. The largest absolute Gasteiger partial charge is 0.460 e. The van der Waals surface area contributed by atoms with E-state index in [0.717, 1.165) is 0 Å². The second-order valence-corrected chi connectivity index (χ2v) is 7.59. The van der Waals surface area contributed by atoms with Crippen LogP contribution in [0.25, 0.3) is 0 Å². The molecule has 1 aliphatic rings. The van der Waals surface area contributed by atoms with Crippen LogP contribution in [-0.4, -0.2) is 37.1 Å². The summed E-state index contributed by atoms with van der Waals surface area (Å²) in [6.07, 6.45) is 0.0884. The zero-order chi connectivity index (χ0) is 13.3. The Balaban J connectivity index is 2.69. The summed E-state index contributed by atoms with van der Waals surface area (Å²) in [6, 6.07) is 0. The van der Waals surface area contributed by atoms with E-state index in [0.29, 0.717) is 0 Å². The third kappa shape index (κ3) is 4.25. The van der Waals surface area contributed by atoms with Crippen molar-refractivity contribution in [2.75, 3.05) is 11.5 Å². The van der Waals surface area contributed by atoms with E-state index in [9.17, 15) is 13.2 Å². The number of carbonyl (C=O) groups excluding carboxylic acids is 1. The molecule has 0 aromatic heterocycles. The van der Waals surface area contributed by atoms with Gasteiger partial charge in [-0.1, -0.05) is 0 Å². The molecule has 0 aliphatic carbocycles. The molecule has 7 heteroatoms. The zero-order valence-electron chi connectivity index (χ0n) is 10.4. The third-order valence-corrected chi connectivity index (χ3v) is 4.28. The fraction of sp³-hybridized carbons (Fsp3) is 0.900. The van der Waals surface area contributed by atoms with Crippen LogP contribution in [0.5, 0.6) is 0 Å². The number of ether oxygens (including phenoxy) is 1. The van der Waals surface area contributed by atoms with Gasteiger partial charge in [-0.05, 0) is 27.2 Å². The Labute approximate surface area is 101 Å². The molecule has 0 amide bonds. The molecule has 0 aromatic rings. The first-order valence-corrected chi connectivity index (χ1v) is 7.20. The van der Waals surface area contributed by atoms with E-state index in [1.165, 1.54) is 0 Å². The third-order valence-electron chi connectivity index (χ3n) is 2.49. The molecule has 100 valence electrons. The fourth-order valence-electron chi connectivity index (χ4n) is 1.80. The molecule has 1 heterocycles. The van der Waals surface area contributed by atoms with Gasteiger partial charge in [-0.3, -0.25) is 9.63 Å². The smallest absolute Gasteiger partial charge is 0.309 e. The molecule has 0 spiro atoms. The summed E-state index contributed by atoms with van der Waals surface area (Å²) in [5.74, 6) is 4.40. The van der Waals surface area contributed by atoms with Crippen LogP contribution >= 0.6 is 0 Å². The van der Waals surface area contributed by atoms with Gasteiger partial charge in [0.1, 0.15) is 11.2 Å². The first-order valence-electron chi connectivity index (χ1n) is 5.38. The number of rotatable bonds is 3. The van der Waals surface area contributed by atoms with Crippen molar-refractivity contribution >= 4 is 15.8 Å². The number of nitrogens with two attached hydrogens (primary N) is 1. The Kier molecular flexibility index (Phi) is 3.85.